The molecule has 1 N–H and O–H groups in total. The lowest BCUT2D eigenvalue weighted by molar-refractivity contribution is 0.138. The maximum Gasteiger partial charge on any atom is 0.122 e. The van der Waals surface area contributed by atoms with E-state index in [1.165, 1.54) is 0 Å². The molecule has 0 saturated heterocycles. The molecule has 1 unspecified atom stereocenters. The Bertz CT molecular complexity index is 394. The Labute approximate surface area is 110 Å². The summed E-state index contributed by atoms with van der Waals surface area (Å²) in [5.74, 6) is 0.878. The van der Waals surface area contributed by atoms with Crippen molar-refractivity contribution in [1.82, 2.24) is 4.90 Å². The maximum atomic E-state index is 10.2. The molecule has 1 atom stereocenters. The van der Waals surface area contributed by atoms with Crippen molar-refractivity contribution in [3.05, 3.63) is 29.3 Å². The molecule has 1 rings (SSSR count). The highest BCUT2D eigenvalue weighted by Crippen LogP contribution is 2.33. The van der Waals surface area contributed by atoms with Crippen molar-refractivity contribution >= 4 is 0 Å². The normalized spacial score (nSPS) is 13.8. The molecule has 102 valence electrons. The number of nitrogens with zero attached hydrogens (tertiary/aromatic N) is 1. The van der Waals surface area contributed by atoms with Crippen LogP contribution in [0.1, 0.15) is 38.0 Å². The number of ether oxygens (including phenoxy) is 1. The Morgan fingerprint density at radius 2 is 1.89 bits per heavy atom. The smallest absolute Gasteiger partial charge is 0.122 e. The zero-order chi connectivity index (χ0) is 13.9. The zero-order valence-corrected chi connectivity index (χ0v) is 12.3. The molecular formula is C15H25NO2. The van der Waals surface area contributed by atoms with Crippen molar-refractivity contribution in [2.45, 2.75) is 32.3 Å². The maximum absolute atomic E-state index is 10.2. The zero-order valence-electron chi connectivity index (χ0n) is 12.3. The van der Waals surface area contributed by atoms with E-state index in [4.69, 9.17) is 4.74 Å². The second-order valence-electron chi connectivity index (χ2n) is 5.99. The van der Waals surface area contributed by atoms with Crippen molar-refractivity contribution < 1.29 is 9.84 Å². The minimum absolute atomic E-state index is 0.000804. The fraction of sp³-hybridized carbons (Fsp3) is 0.600. The summed E-state index contributed by atoms with van der Waals surface area (Å²) in [4.78, 5) is 1.98. The molecule has 0 bridgehead atoms. The third-order valence-electron chi connectivity index (χ3n) is 2.95. The third kappa shape index (κ3) is 3.72. The lowest BCUT2D eigenvalue weighted by Crippen LogP contribution is -2.21. The molecule has 0 spiro atoms. The van der Waals surface area contributed by atoms with Gasteiger partial charge in [-0.3, -0.25) is 0 Å². The van der Waals surface area contributed by atoms with Crippen LogP contribution in [-0.4, -0.2) is 37.8 Å². The van der Waals surface area contributed by atoms with E-state index in [0.29, 0.717) is 6.54 Å². The number of benzene rings is 1. The van der Waals surface area contributed by atoms with Gasteiger partial charge in [0, 0.05) is 6.54 Å². The van der Waals surface area contributed by atoms with Crippen molar-refractivity contribution in [2.75, 3.05) is 27.7 Å². The molecular weight excluding hydrogens is 226 g/mol. The largest absolute Gasteiger partial charge is 0.496 e. The Balaban J connectivity index is 3.10. The van der Waals surface area contributed by atoms with Gasteiger partial charge in [-0.05, 0) is 42.8 Å². The summed E-state index contributed by atoms with van der Waals surface area (Å²) in [7, 11) is 5.59. The highest BCUT2D eigenvalue weighted by molar-refractivity contribution is 5.42. The number of aliphatic hydroxyl groups is 1. The van der Waals surface area contributed by atoms with Gasteiger partial charge < -0.3 is 14.7 Å². The first-order valence-electron chi connectivity index (χ1n) is 6.27. The monoisotopic (exact) mass is 251 g/mol. The number of hydrogen-bond acceptors (Lipinski definition) is 3. The van der Waals surface area contributed by atoms with Gasteiger partial charge in [0.1, 0.15) is 5.75 Å². The molecule has 3 heteroatoms. The van der Waals surface area contributed by atoms with Crippen LogP contribution >= 0.6 is 0 Å². The minimum atomic E-state index is -0.466. The Hall–Kier alpha value is -1.06. The average Bonchev–Trinajstić information content (AvgIpc) is 2.26. The SMILES string of the molecule is COc1ccc(C(O)CN(C)C)cc1C(C)(C)C. The molecule has 0 aliphatic carbocycles. The van der Waals surface area contributed by atoms with E-state index in [1.807, 2.05) is 37.2 Å². The number of likely N-dealkylation sites (N-methyl/N-ethyl adjacent to an activating group) is 1. The molecule has 0 aliphatic rings. The summed E-state index contributed by atoms with van der Waals surface area (Å²) in [6.45, 7) is 7.06. The van der Waals surface area contributed by atoms with Crippen LogP contribution in [0.3, 0.4) is 0 Å². The molecule has 0 aromatic heterocycles. The van der Waals surface area contributed by atoms with E-state index in [2.05, 4.69) is 20.8 Å². The lowest BCUT2D eigenvalue weighted by Gasteiger charge is -2.24. The third-order valence-corrected chi connectivity index (χ3v) is 2.95. The molecule has 18 heavy (non-hydrogen) atoms. The molecule has 0 radical (unpaired) electrons. The standard InChI is InChI=1S/C15H25NO2/c1-15(2,3)12-9-11(7-8-14(12)18-6)13(17)10-16(4)5/h7-9,13,17H,10H2,1-6H3. The second-order valence-corrected chi connectivity index (χ2v) is 5.99. The van der Waals surface area contributed by atoms with E-state index in [1.54, 1.807) is 7.11 Å². The van der Waals surface area contributed by atoms with Crippen LogP contribution in [0.4, 0.5) is 0 Å². The van der Waals surface area contributed by atoms with Gasteiger partial charge in [-0.15, -0.1) is 0 Å². The summed E-state index contributed by atoms with van der Waals surface area (Å²) in [6, 6.07) is 5.92. The van der Waals surface area contributed by atoms with E-state index in [0.717, 1.165) is 16.9 Å². The summed E-state index contributed by atoms with van der Waals surface area (Å²) < 4.78 is 5.40. The summed E-state index contributed by atoms with van der Waals surface area (Å²) in [6.07, 6.45) is -0.466. The van der Waals surface area contributed by atoms with Crippen LogP contribution in [-0.2, 0) is 5.41 Å². The first-order valence-corrected chi connectivity index (χ1v) is 6.27. The fourth-order valence-electron chi connectivity index (χ4n) is 1.97. The predicted octanol–water partition coefficient (Wildman–Crippen LogP) is 2.59. The van der Waals surface area contributed by atoms with E-state index in [-0.39, 0.29) is 5.41 Å². The Morgan fingerprint density at radius 3 is 2.33 bits per heavy atom. The van der Waals surface area contributed by atoms with Gasteiger partial charge in [0.05, 0.1) is 13.2 Å². The van der Waals surface area contributed by atoms with Gasteiger partial charge in [0.2, 0.25) is 0 Å². The first kappa shape index (κ1) is 15.0. The van der Waals surface area contributed by atoms with Crippen LogP contribution in [0.2, 0.25) is 0 Å². The van der Waals surface area contributed by atoms with Crippen LogP contribution < -0.4 is 4.74 Å². The average molecular weight is 251 g/mol. The molecule has 1 aromatic carbocycles. The fourth-order valence-corrected chi connectivity index (χ4v) is 1.97. The Kier molecular flexibility index (Phi) is 4.77. The van der Waals surface area contributed by atoms with Gasteiger partial charge in [-0.1, -0.05) is 26.8 Å². The summed E-state index contributed by atoms with van der Waals surface area (Å²) in [5, 5.41) is 10.2. The molecule has 0 fully saturated rings. The van der Waals surface area contributed by atoms with Crippen LogP contribution in [0.5, 0.6) is 5.75 Å². The highest BCUT2D eigenvalue weighted by Gasteiger charge is 2.21. The number of methoxy groups -OCH3 is 1. The molecule has 3 nitrogen and oxygen atoms in total. The van der Waals surface area contributed by atoms with Crippen LogP contribution in [0, 0.1) is 0 Å². The molecule has 0 amide bonds. The first-order chi connectivity index (χ1) is 8.25. The van der Waals surface area contributed by atoms with Crippen molar-refractivity contribution in [1.29, 1.82) is 0 Å². The minimum Gasteiger partial charge on any atom is -0.496 e. The predicted molar refractivity (Wildman–Crippen MR) is 75.2 cm³/mol. The molecule has 0 aliphatic heterocycles. The van der Waals surface area contributed by atoms with Gasteiger partial charge >= 0.3 is 0 Å². The van der Waals surface area contributed by atoms with Gasteiger partial charge in [0.15, 0.2) is 0 Å². The Morgan fingerprint density at radius 1 is 1.28 bits per heavy atom. The summed E-state index contributed by atoms with van der Waals surface area (Å²) in [5.41, 5.74) is 2.06. The van der Waals surface area contributed by atoms with Gasteiger partial charge in [-0.2, -0.15) is 0 Å². The quantitative estimate of drug-likeness (QED) is 0.893. The number of aliphatic hydroxyl groups excluding tert-OH is 1. The molecule has 1 aromatic rings. The van der Waals surface area contributed by atoms with Crippen LogP contribution in [0.15, 0.2) is 18.2 Å². The van der Waals surface area contributed by atoms with Crippen molar-refractivity contribution in [3.8, 4) is 5.75 Å². The number of hydrogen-bond donors (Lipinski definition) is 1. The van der Waals surface area contributed by atoms with E-state index in [9.17, 15) is 5.11 Å². The second kappa shape index (κ2) is 5.72. The van der Waals surface area contributed by atoms with Crippen molar-refractivity contribution in [2.24, 2.45) is 0 Å². The van der Waals surface area contributed by atoms with Crippen LogP contribution in [0.25, 0.3) is 0 Å². The lowest BCUT2D eigenvalue weighted by atomic mass is 9.85. The highest BCUT2D eigenvalue weighted by atomic mass is 16.5. The van der Waals surface area contributed by atoms with Gasteiger partial charge in [0.25, 0.3) is 0 Å². The molecule has 0 saturated carbocycles. The van der Waals surface area contributed by atoms with Gasteiger partial charge in [-0.25, -0.2) is 0 Å². The number of rotatable bonds is 4. The van der Waals surface area contributed by atoms with E-state index >= 15 is 0 Å². The van der Waals surface area contributed by atoms with Crippen molar-refractivity contribution in [3.63, 3.8) is 0 Å². The molecule has 0 heterocycles. The summed E-state index contributed by atoms with van der Waals surface area (Å²) >= 11 is 0. The topological polar surface area (TPSA) is 32.7 Å². The van der Waals surface area contributed by atoms with E-state index < -0.39 is 6.10 Å².